The van der Waals surface area contributed by atoms with Gasteiger partial charge in [0.05, 0.1) is 6.04 Å². The molecule has 0 radical (unpaired) electrons. The molecule has 1 fully saturated rings. The number of hydrogen-bond acceptors (Lipinski definition) is 8. The summed E-state index contributed by atoms with van der Waals surface area (Å²) in [5.74, 6) is -2.30. The van der Waals surface area contributed by atoms with Gasteiger partial charge >= 0.3 is 11.9 Å². The minimum absolute atomic E-state index is 0.214. The number of aliphatic hydroxyl groups excluding tert-OH is 1. The third-order valence-corrected chi connectivity index (χ3v) is 3.43. The fourth-order valence-electron chi connectivity index (χ4n) is 2.38. The minimum Gasteiger partial charge on any atom is -0.463 e. The van der Waals surface area contributed by atoms with Crippen LogP contribution in [0.3, 0.4) is 0 Å². The third-order valence-electron chi connectivity index (χ3n) is 3.43. The topological polar surface area (TPSA) is 160 Å². The number of rotatable bonds is 6. The highest BCUT2D eigenvalue weighted by atomic mass is 16.7. The summed E-state index contributed by atoms with van der Waals surface area (Å²) in [5.41, 5.74) is 8.21. The molecule has 0 spiro atoms. The fourth-order valence-corrected chi connectivity index (χ4v) is 2.38. The molecule has 1 heterocycles. The van der Waals surface area contributed by atoms with Crippen molar-refractivity contribution in [3.05, 3.63) is 10.4 Å². The average molecular weight is 344 g/mol. The van der Waals surface area contributed by atoms with E-state index in [2.05, 4.69) is 15.3 Å². The standard InChI is InChI=1S/C13H20N4O7/c1-6-11(16-10(20)4-15-17-14)13(21)24-9(5-22-7(2)18)12(6)23-8(3)19/h6,9,11-13,21H,4-5H2,1-3H3,(H,16,20)/t6-,9?,11?,12-,13-/m1/s1. The van der Waals surface area contributed by atoms with E-state index in [0.29, 0.717) is 0 Å². The lowest BCUT2D eigenvalue weighted by molar-refractivity contribution is -0.246. The van der Waals surface area contributed by atoms with E-state index in [0.717, 1.165) is 0 Å². The first-order chi connectivity index (χ1) is 11.3. The van der Waals surface area contributed by atoms with Gasteiger partial charge < -0.3 is 24.6 Å². The summed E-state index contributed by atoms with van der Waals surface area (Å²) < 4.78 is 15.4. The van der Waals surface area contributed by atoms with Gasteiger partial charge in [-0.25, -0.2) is 0 Å². The third kappa shape index (κ3) is 5.69. The Labute approximate surface area is 137 Å². The van der Waals surface area contributed by atoms with Crippen LogP contribution in [0.1, 0.15) is 20.8 Å². The fraction of sp³-hybridized carbons (Fsp3) is 0.769. The maximum atomic E-state index is 11.7. The van der Waals surface area contributed by atoms with Crippen LogP contribution in [-0.4, -0.2) is 60.6 Å². The quantitative estimate of drug-likeness (QED) is 0.287. The van der Waals surface area contributed by atoms with E-state index in [9.17, 15) is 19.5 Å². The predicted octanol–water partition coefficient (Wildman–Crippen LogP) is -0.370. The largest absolute Gasteiger partial charge is 0.463 e. The van der Waals surface area contributed by atoms with Crippen molar-refractivity contribution in [2.24, 2.45) is 11.0 Å². The van der Waals surface area contributed by atoms with Crippen LogP contribution in [0.15, 0.2) is 5.11 Å². The zero-order valence-corrected chi connectivity index (χ0v) is 13.5. The Morgan fingerprint density at radius 2 is 2.00 bits per heavy atom. The van der Waals surface area contributed by atoms with E-state index < -0.39 is 54.8 Å². The van der Waals surface area contributed by atoms with Gasteiger partial charge in [0.15, 0.2) is 6.29 Å². The van der Waals surface area contributed by atoms with Crippen LogP contribution in [0.2, 0.25) is 0 Å². The lowest BCUT2D eigenvalue weighted by Gasteiger charge is -2.43. The lowest BCUT2D eigenvalue weighted by atomic mass is 9.88. The van der Waals surface area contributed by atoms with E-state index >= 15 is 0 Å². The first-order valence-electron chi connectivity index (χ1n) is 7.20. The normalized spacial score (nSPS) is 29.1. The molecule has 1 aliphatic heterocycles. The number of carbonyl (C=O) groups excluding carboxylic acids is 3. The molecule has 134 valence electrons. The van der Waals surface area contributed by atoms with Crippen molar-refractivity contribution >= 4 is 17.8 Å². The average Bonchev–Trinajstić information content (AvgIpc) is 2.50. The van der Waals surface area contributed by atoms with Crippen molar-refractivity contribution < 1.29 is 33.7 Å². The summed E-state index contributed by atoms with van der Waals surface area (Å²) in [7, 11) is 0. The Morgan fingerprint density at radius 3 is 2.54 bits per heavy atom. The van der Waals surface area contributed by atoms with E-state index in [1.54, 1.807) is 6.92 Å². The summed E-state index contributed by atoms with van der Waals surface area (Å²) in [6.45, 7) is 3.40. The number of amides is 1. The van der Waals surface area contributed by atoms with Gasteiger partial charge in [0, 0.05) is 24.7 Å². The molecule has 11 heteroatoms. The first kappa shape index (κ1) is 19.7. The highest BCUT2D eigenvalue weighted by molar-refractivity contribution is 5.78. The monoisotopic (exact) mass is 344 g/mol. The highest BCUT2D eigenvalue weighted by Crippen LogP contribution is 2.28. The Morgan fingerprint density at radius 1 is 1.33 bits per heavy atom. The van der Waals surface area contributed by atoms with Crippen molar-refractivity contribution in [2.75, 3.05) is 13.2 Å². The smallest absolute Gasteiger partial charge is 0.303 e. The zero-order chi connectivity index (χ0) is 18.3. The summed E-state index contributed by atoms with van der Waals surface area (Å²) in [6, 6.07) is -0.899. The Bertz CT molecular complexity index is 534. The lowest BCUT2D eigenvalue weighted by Crippen LogP contribution is -2.61. The van der Waals surface area contributed by atoms with Gasteiger partial charge in [-0.05, 0) is 5.53 Å². The first-order valence-corrected chi connectivity index (χ1v) is 7.20. The van der Waals surface area contributed by atoms with Gasteiger partial charge in [0.2, 0.25) is 5.91 Å². The molecule has 1 amide bonds. The van der Waals surface area contributed by atoms with Crippen LogP contribution >= 0.6 is 0 Å². The molecule has 0 aromatic heterocycles. The molecule has 24 heavy (non-hydrogen) atoms. The molecule has 1 rings (SSSR count). The van der Waals surface area contributed by atoms with Crippen LogP contribution in [0.25, 0.3) is 10.4 Å². The second-order valence-corrected chi connectivity index (χ2v) is 5.28. The van der Waals surface area contributed by atoms with Crippen LogP contribution in [-0.2, 0) is 28.6 Å². The minimum atomic E-state index is -1.41. The van der Waals surface area contributed by atoms with Crippen molar-refractivity contribution in [1.82, 2.24) is 5.32 Å². The zero-order valence-electron chi connectivity index (χ0n) is 13.5. The number of ether oxygens (including phenoxy) is 3. The number of hydrogen-bond donors (Lipinski definition) is 2. The molecule has 0 saturated carbocycles. The molecule has 0 aromatic rings. The highest BCUT2D eigenvalue weighted by Gasteiger charge is 2.45. The Hall–Kier alpha value is -2.36. The number of azide groups is 1. The summed E-state index contributed by atoms with van der Waals surface area (Å²) in [4.78, 5) is 36.4. The second-order valence-electron chi connectivity index (χ2n) is 5.28. The van der Waals surface area contributed by atoms with Gasteiger partial charge in [0.1, 0.15) is 25.4 Å². The Balaban J connectivity index is 2.86. The maximum Gasteiger partial charge on any atom is 0.303 e. The maximum absolute atomic E-state index is 11.7. The SMILES string of the molecule is CC(=O)OCC1O[C@@H](O)C(NC(=O)CN=[N+]=[N-])[C@@H](C)[C@H]1OC(C)=O. The van der Waals surface area contributed by atoms with E-state index in [4.69, 9.17) is 19.7 Å². The molecule has 2 N–H and O–H groups in total. The van der Waals surface area contributed by atoms with Crippen LogP contribution in [0.4, 0.5) is 0 Å². The number of carbonyl (C=O) groups is 3. The van der Waals surface area contributed by atoms with E-state index in [1.807, 2.05) is 0 Å². The molecular weight excluding hydrogens is 324 g/mol. The van der Waals surface area contributed by atoms with Crippen molar-refractivity contribution in [1.29, 1.82) is 0 Å². The van der Waals surface area contributed by atoms with Crippen molar-refractivity contribution in [2.45, 2.75) is 45.3 Å². The molecule has 1 saturated heterocycles. The number of esters is 2. The molecule has 1 aliphatic rings. The summed E-state index contributed by atoms with van der Waals surface area (Å²) in [6.07, 6.45) is -3.15. The van der Waals surface area contributed by atoms with E-state index in [1.165, 1.54) is 13.8 Å². The molecule has 0 aromatic carbocycles. The summed E-state index contributed by atoms with van der Waals surface area (Å²) >= 11 is 0. The number of aliphatic hydroxyl groups is 1. The molecule has 5 atom stereocenters. The van der Waals surface area contributed by atoms with Gasteiger partial charge in [-0.15, -0.1) is 0 Å². The molecule has 11 nitrogen and oxygen atoms in total. The van der Waals surface area contributed by atoms with E-state index in [-0.39, 0.29) is 6.61 Å². The molecular formula is C13H20N4O7. The van der Waals surface area contributed by atoms with Crippen LogP contribution < -0.4 is 5.32 Å². The second kappa shape index (κ2) is 9.06. The predicted molar refractivity (Wildman–Crippen MR) is 78.2 cm³/mol. The van der Waals surface area contributed by atoms with Gasteiger partial charge in [-0.2, -0.15) is 0 Å². The molecule has 0 aliphatic carbocycles. The number of nitrogens with zero attached hydrogens (tertiary/aromatic N) is 3. The van der Waals surface area contributed by atoms with Crippen molar-refractivity contribution in [3.8, 4) is 0 Å². The Kier molecular flexibility index (Phi) is 7.43. The van der Waals surface area contributed by atoms with Gasteiger partial charge in [-0.3, -0.25) is 14.4 Å². The van der Waals surface area contributed by atoms with Crippen LogP contribution in [0.5, 0.6) is 0 Å². The van der Waals surface area contributed by atoms with Crippen molar-refractivity contribution in [3.63, 3.8) is 0 Å². The molecule has 2 unspecified atom stereocenters. The summed E-state index contributed by atoms with van der Waals surface area (Å²) in [5, 5.41) is 15.7. The number of nitrogens with one attached hydrogen (secondary N) is 1. The molecule has 0 bridgehead atoms. The van der Waals surface area contributed by atoms with Gasteiger partial charge in [-0.1, -0.05) is 12.0 Å². The van der Waals surface area contributed by atoms with Crippen LogP contribution in [0, 0.1) is 5.92 Å². The van der Waals surface area contributed by atoms with Gasteiger partial charge in [0.25, 0.3) is 0 Å².